The first kappa shape index (κ1) is 16.7. The van der Waals surface area contributed by atoms with E-state index >= 15 is 0 Å². The lowest BCUT2D eigenvalue weighted by atomic mass is 10.1. The summed E-state index contributed by atoms with van der Waals surface area (Å²) in [5.41, 5.74) is 2.41. The second kappa shape index (κ2) is 6.79. The molecular weight excluding hydrogens is 344 g/mol. The molecule has 0 aliphatic carbocycles. The molecule has 1 heterocycles. The average molecular weight is 361 g/mol. The molecule has 3 rings (SSSR count). The highest BCUT2D eigenvalue weighted by molar-refractivity contribution is 8.00. The summed E-state index contributed by atoms with van der Waals surface area (Å²) in [4.78, 5) is 4.69. The van der Waals surface area contributed by atoms with Crippen molar-refractivity contribution >= 4 is 32.4 Å². The van der Waals surface area contributed by atoms with Crippen molar-refractivity contribution in [1.29, 1.82) is 0 Å². The fourth-order valence-corrected chi connectivity index (χ4v) is 4.28. The van der Waals surface area contributed by atoms with Crippen LogP contribution in [0.5, 0.6) is 0 Å². The molecule has 1 aliphatic heterocycles. The van der Waals surface area contributed by atoms with Gasteiger partial charge in [-0.15, -0.1) is 0 Å². The highest BCUT2D eigenvalue weighted by Gasteiger charge is 2.32. The van der Waals surface area contributed by atoms with Crippen molar-refractivity contribution in [3.63, 3.8) is 0 Å². The highest BCUT2D eigenvalue weighted by atomic mass is 35.5. The van der Waals surface area contributed by atoms with Gasteiger partial charge in [0.25, 0.3) is 10.0 Å². The van der Waals surface area contributed by atoms with Crippen LogP contribution in [0.15, 0.2) is 65.2 Å². The fraction of sp³-hybridized carbons (Fsp3) is 0.167. The Morgan fingerprint density at radius 3 is 2.38 bits per heavy atom. The zero-order valence-electron chi connectivity index (χ0n) is 13.2. The van der Waals surface area contributed by atoms with Crippen LogP contribution in [0.3, 0.4) is 0 Å². The Morgan fingerprint density at radius 1 is 1.04 bits per heavy atom. The van der Waals surface area contributed by atoms with Crippen LogP contribution in [-0.4, -0.2) is 20.8 Å². The molecule has 4 nitrogen and oxygen atoms in total. The van der Waals surface area contributed by atoms with Crippen molar-refractivity contribution in [3.8, 4) is 0 Å². The third-order valence-corrected chi connectivity index (χ3v) is 5.61. The van der Waals surface area contributed by atoms with Crippen LogP contribution >= 0.6 is 11.6 Å². The second-order valence-electron chi connectivity index (χ2n) is 5.53. The summed E-state index contributed by atoms with van der Waals surface area (Å²) in [6, 6.07) is 16.7. The zero-order chi connectivity index (χ0) is 17.2. The summed E-state index contributed by atoms with van der Waals surface area (Å²) in [5.74, 6) is 0.413. The van der Waals surface area contributed by atoms with Crippen molar-refractivity contribution < 1.29 is 8.42 Å². The summed E-state index contributed by atoms with van der Waals surface area (Å²) in [6.45, 7) is 2.29. The molecule has 0 unspecified atom stereocenters. The summed E-state index contributed by atoms with van der Waals surface area (Å²) in [5, 5.41) is 0.567. The van der Waals surface area contributed by atoms with Crippen molar-refractivity contribution in [2.24, 2.45) is 4.99 Å². The first-order valence-corrected chi connectivity index (χ1v) is 9.42. The van der Waals surface area contributed by atoms with E-state index in [1.807, 2.05) is 30.3 Å². The smallest absolute Gasteiger partial charge is 0.264 e. The van der Waals surface area contributed by atoms with Gasteiger partial charge in [-0.05, 0) is 36.6 Å². The lowest BCUT2D eigenvalue weighted by Gasteiger charge is -2.02. The zero-order valence-corrected chi connectivity index (χ0v) is 14.7. The maximum Gasteiger partial charge on any atom is 0.264 e. The fourth-order valence-electron chi connectivity index (χ4n) is 2.63. The molecule has 1 aliphatic rings. The van der Waals surface area contributed by atoms with Crippen molar-refractivity contribution in [1.82, 2.24) is 4.72 Å². The van der Waals surface area contributed by atoms with Crippen LogP contribution in [0.25, 0.3) is 4.91 Å². The Bertz CT molecular complexity index is 902. The van der Waals surface area contributed by atoms with Gasteiger partial charge in [0.05, 0.1) is 0 Å². The lowest BCUT2D eigenvalue weighted by Crippen LogP contribution is -2.24. The number of hydrogen-bond acceptors (Lipinski definition) is 3. The number of aliphatic imine (C=N–C) groups is 1. The van der Waals surface area contributed by atoms with E-state index in [0.717, 1.165) is 6.42 Å². The van der Waals surface area contributed by atoms with Crippen LogP contribution in [0.1, 0.15) is 18.1 Å². The summed E-state index contributed by atoms with van der Waals surface area (Å²) < 4.78 is 27.4. The summed E-state index contributed by atoms with van der Waals surface area (Å²) in [6.07, 6.45) is 0.760. The number of rotatable bonds is 4. The standard InChI is InChI=1S/C18H17ClN2O2S/c1-13-17(15-7-9-16(19)10-8-15)24(22,23)21-18(13)20-12-11-14-5-3-2-4-6-14/h2-10H,11-12H2,1H3,(H,20,21). The Labute approximate surface area is 146 Å². The van der Waals surface area contributed by atoms with Crippen LogP contribution < -0.4 is 4.72 Å². The maximum absolute atomic E-state index is 12.4. The molecule has 0 spiro atoms. The molecule has 2 aromatic carbocycles. The molecule has 124 valence electrons. The Morgan fingerprint density at radius 2 is 1.71 bits per heavy atom. The maximum atomic E-state index is 12.4. The minimum atomic E-state index is -3.59. The van der Waals surface area contributed by atoms with Crippen LogP contribution in [0.4, 0.5) is 0 Å². The van der Waals surface area contributed by atoms with E-state index in [4.69, 9.17) is 11.6 Å². The number of halogens is 1. The number of nitrogens with zero attached hydrogens (tertiary/aromatic N) is 1. The Kier molecular flexibility index (Phi) is 4.73. The largest absolute Gasteiger partial charge is 0.267 e. The molecule has 1 N–H and O–H groups in total. The molecule has 6 heteroatoms. The predicted octanol–water partition coefficient (Wildman–Crippen LogP) is 3.65. The number of hydrogen-bond donors (Lipinski definition) is 1. The van der Waals surface area contributed by atoms with Gasteiger partial charge in [-0.25, -0.2) is 8.42 Å². The molecule has 0 radical (unpaired) electrons. The molecule has 0 fully saturated rings. The van der Waals surface area contributed by atoms with E-state index in [1.54, 1.807) is 31.2 Å². The van der Waals surface area contributed by atoms with Crippen LogP contribution in [0.2, 0.25) is 5.02 Å². The van der Waals surface area contributed by atoms with Gasteiger partial charge in [0.15, 0.2) is 0 Å². The highest BCUT2D eigenvalue weighted by Crippen LogP contribution is 2.30. The van der Waals surface area contributed by atoms with Gasteiger partial charge in [-0.3, -0.25) is 9.71 Å². The van der Waals surface area contributed by atoms with Crippen molar-refractivity contribution in [2.75, 3.05) is 6.54 Å². The van der Waals surface area contributed by atoms with Crippen molar-refractivity contribution in [3.05, 3.63) is 76.3 Å². The monoisotopic (exact) mass is 360 g/mol. The third kappa shape index (κ3) is 3.52. The topological polar surface area (TPSA) is 58.5 Å². The summed E-state index contributed by atoms with van der Waals surface area (Å²) >= 11 is 5.88. The number of sulfonamides is 1. The molecule has 0 aromatic heterocycles. The molecular formula is C18H17ClN2O2S. The van der Waals surface area contributed by atoms with Crippen molar-refractivity contribution in [2.45, 2.75) is 13.3 Å². The third-order valence-electron chi connectivity index (χ3n) is 3.82. The SMILES string of the molecule is CC1=C(c2ccc(Cl)cc2)S(=O)(=O)NC1=NCCc1ccccc1. The molecule has 2 aromatic rings. The van der Waals surface area contributed by atoms with Gasteiger partial charge in [0.1, 0.15) is 10.7 Å². The molecule has 24 heavy (non-hydrogen) atoms. The van der Waals surface area contributed by atoms with Crippen LogP contribution in [-0.2, 0) is 16.4 Å². The Balaban J connectivity index is 1.85. The van der Waals surface area contributed by atoms with Crippen LogP contribution in [0, 0.1) is 0 Å². The average Bonchev–Trinajstić information content (AvgIpc) is 2.79. The molecule has 0 amide bonds. The van der Waals surface area contributed by atoms with Gasteiger partial charge in [-0.2, -0.15) is 0 Å². The molecule has 0 saturated carbocycles. The van der Waals surface area contributed by atoms with E-state index in [1.165, 1.54) is 5.56 Å². The number of amidine groups is 1. The van der Waals surface area contributed by atoms with E-state index in [9.17, 15) is 8.42 Å². The number of benzene rings is 2. The van der Waals surface area contributed by atoms with E-state index < -0.39 is 10.0 Å². The minimum absolute atomic E-state index is 0.262. The lowest BCUT2D eigenvalue weighted by molar-refractivity contribution is 0.603. The predicted molar refractivity (Wildman–Crippen MR) is 98.5 cm³/mol. The van der Waals surface area contributed by atoms with Gasteiger partial charge < -0.3 is 0 Å². The van der Waals surface area contributed by atoms with E-state index in [0.29, 0.717) is 28.5 Å². The first-order valence-electron chi connectivity index (χ1n) is 7.56. The van der Waals surface area contributed by atoms with E-state index in [2.05, 4.69) is 9.71 Å². The second-order valence-corrected chi connectivity index (χ2v) is 7.59. The van der Waals surface area contributed by atoms with Gasteiger partial charge >= 0.3 is 0 Å². The van der Waals surface area contributed by atoms with E-state index in [-0.39, 0.29) is 4.91 Å². The molecule has 0 bridgehead atoms. The normalized spacial score (nSPS) is 18.0. The minimum Gasteiger partial charge on any atom is -0.267 e. The summed E-state index contributed by atoms with van der Waals surface area (Å²) in [7, 11) is -3.59. The van der Waals surface area contributed by atoms with Gasteiger partial charge in [0.2, 0.25) is 0 Å². The molecule has 0 atom stereocenters. The van der Waals surface area contributed by atoms with Gasteiger partial charge in [-0.1, -0.05) is 54.1 Å². The number of nitrogens with one attached hydrogen (secondary N) is 1. The first-order chi connectivity index (χ1) is 11.5. The Hall–Kier alpha value is -2.11. The van der Waals surface area contributed by atoms with Gasteiger partial charge in [0, 0.05) is 17.1 Å². The molecule has 0 saturated heterocycles. The quantitative estimate of drug-likeness (QED) is 0.904.